The van der Waals surface area contributed by atoms with E-state index >= 15 is 0 Å². The minimum atomic E-state index is 0.135. The van der Waals surface area contributed by atoms with Crippen LogP contribution >= 0.6 is 0 Å². The monoisotopic (exact) mass is 281 g/mol. The van der Waals surface area contributed by atoms with Crippen molar-refractivity contribution in [1.29, 1.82) is 0 Å². The summed E-state index contributed by atoms with van der Waals surface area (Å²) < 4.78 is 6.42. The molecule has 2 aliphatic rings. The van der Waals surface area contributed by atoms with Gasteiger partial charge in [0.25, 0.3) is 0 Å². The lowest BCUT2D eigenvalue weighted by molar-refractivity contribution is -0.0835. The molecule has 118 valence electrons. The molecule has 2 saturated carbocycles. The molecule has 0 aromatic heterocycles. The third-order valence-electron chi connectivity index (χ3n) is 5.45. The van der Waals surface area contributed by atoms with Crippen molar-refractivity contribution in [2.75, 3.05) is 13.2 Å². The number of hydrogen-bond donors (Lipinski definition) is 1. The average Bonchev–Trinajstić information content (AvgIpc) is 2.64. The molecule has 0 heterocycles. The van der Waals surface area contributed by atoms with E-state index < -0.39 is 0 Å². The van der Waals surface area contributed by atoms with Crippen LogP contribution < -0.4 is 5.32 Å². The van der Waals surface area contributed by atoms with Crippen LogP contribution in [0.3, 0.4) is 0 Å². The Morgan fingerprint density at radius 1 is 1.05 bits per heavy atom. The molecule has 0 aromatic carbocycles. The lowest BCUT2D eigenvalue weighted by Gasteiger charge is -2.43. The van der Waals surface area contributed by atoms with Gasteiger partial charge in [0.2, 0.25) is 0 Å². The van der Waals surface area contributed by atoms with E-state index in [9.17, 15) is 0 Å². The molecule has 2 nitrogen and oxygen atoms in total. The fourth-order valence-corrected chi connectivity index (χ4v) is 4.07. The van der Waals surface area contributed by atoms with Crippen LogP contribution in [0.25, 0.3) is 0 Å². The van der Waals surface area contributed by atoms with E-state index in [2.05, 4.69) is 19.2 Å². The minimum absolute atomic E-state index is 0.135. The summed E-state index contributed by atoms with van der Waals surface area (Å²) in [7, 11) is 0. The highest BCUT2D eigenvalue weighted by Crippen LogP contribution is 2.39. The largest absolute Gasteiger partial charge is 0.374 e. The third kappa shape index (κ3) is 4.21. The van der Waals surface area contributed by atoms with Crippen molar-refractivity contribution in [3.05, 3.63) is 0 Å². The summed E-state index contributed by atoms with van der Waals surface area (Å²) in [6, 6.07) is 0.589. The van der Waals surface area contributed by atoms with Gasteiger partial charge in [-0.15, -0.1) is 0 Å². The van der Waals surface area contributed by atoms with Gasteiger partial charge in [0.15, 0.2) is 0 Å². The summed E-state index contributed by atoms with van der Waals surface area (Å²) in [5.41, 5.74) is 0.135. The summed E-state index contributed by atoms with van der Waals surface area (Å²) in [6.45, 7) is 6.46. The molecule has 1 unspecified atom stereocenters. The second-order valence-electron chi connectivity index (χ2n) is 6.95. The zero-order valence-corrected chi connectivity index (χ0v) is 13.8. The Hall–Kier alpha value is -0.0800. The van der Waals surface area contributed by atoms with E-state index in [-0.39, 0.29) is 5.60 Å². The fraction of sp³-hybridized carbons (Fsp3) is 1.00. The summed E-state index contributed by atoms with van der Waals surface area (Å²) in [4.78, 5) is 0. The van der Waals surface area contributed by atoms with Gasteiger partial charge in [-0.2, -0.15) is 0 Å². The van der Waals surface area contributed by atoms with Crippen molar-refractivity contribution < 1.29 is 4.74 Å². The minimum Gasteiger partial charge on any atom is -0.374 e. The first-order valence-electron chi connectivity index (χ1n) is 9.18. The molecule has 1 atom stereocenters. The summed E-state index contributed by atoms with van der Waals surface area (Å²) in [6.07, 6.45) is 15.0. The first-order valence-corrected chi connectivity index (χ1v) is 9.18. The van der Waals surface area contributed by atoms with Crippen molar-refractivity contribution in [1.82, 2.24) is 5.32 Å². The average molecular weight is 281 g/mol. The van der Waals surface area contributed by atoms with Gasteiger partial charge in [0, 0.05) is 12.6 Å². The van der Waals surface area contributed by atoms with E-state index in [0.717, 1.165) is 19.1 Å². The SMILES string of the molecule is CCCNC(CC1CCC1)C1(OCC)CCCCCC1. The molecule has 20 heavy (non-hydrogen) atoms. The first kappa shape index (κ1) is 16.3. The maximum atomic E-state index is 6.42. The number of rotatable bonds is 8. The zero-order chi connectivity index (χ0) is 14.3. The lowest BCUT2D eigenvalue weighted by atomic mass is 9.74. The van der Waals surface area contributed by atoms with Crippen molar-refractivity contribution in [2.24, 2.45) is 5.92 Å². The Balaban J connectivity index is 2.05. The second-order valence-corrected chi connectivity index (χ2v) is 6.95. The highest BCUT2D eigenvalue weighted by atomic mass is 16.5. The van der Waals surface area contributed by atoms with Crippen molar-refractivity contribution >= 4 is 0 Å². The van der Waals surface area contributed by atoms with Gasteiger partial charge >= 0.3 is 0 Å². The number of ether oxygens (including phenoxy) is 1. The molecule has 0 aliphatic heterocycles. The van der Waals surface area contributed by atoms with E-state index in [1.807, 2.05) is 0 Å². The maximum Gasteiger partial charge on any atom is 0.0834 e. The van der Waals surface area contributed by atoms with Crippen molar-refractivity contribution in [2.45, 2.75) is 96.1 Å². The van der Waals surface area contributed by atoms with E-state index in [1.54, 1.807) is 0 Å². The van der Waals surface area contributed by atoms with E-state index in [0.29, 0.717) is 6.04 Å². The van der Waals surface area contributed by atoms with Gasteiger partial charge in [0.05, 0.1) is 5.60 Å². The Kier molecular flexibility index (Phi) is 6.83. The van der Waals surface area contributed by atoms with Gasteiger partial charge < -0.3 is 10.1 Å². The highest BCUT2D eigenvalue weighted by molar-refractivity contribution is 4.96. The van der Waals surface area contributed by atoms with Crippen LogP contribution in [-0.2, 0) is 4.74 Å². The highest BCUT2D eigenvalue weighted by Gasteiger charge is 2.41. The molecule has 0 radical (unpaired) electrons. The topological polar surface area (TPSA) is 21.3 Å². The maximum absolute atomic E-state index is 6.42. The Morgan fingerprint density at radius 3 is 2.25 bits per heavy atom. The molecular formula is C18H35NO. The summed E-state index contributed by atoms with van der Waals surface area (Å²) >= 11 is 0. The molecule has 0 amide bonds. The lowest BCUT2D eigenvalue weighted by Crippen LogP contribution is -2.54. The Labute approximate surface area is 126 Å². The van der Waals surface area contributed by atoms with Crippen LogP contribution in [0.1, 0.15) is 84.5 Å². The van der Waals surface area contributed by atoms with Crippen LogP contribution in [0.4, 0.5) is 0 Å². The third-order valence-corrected chi connectivity index (χ3v) is 5.45. The molecule has 2 heteroatoms. The Bertz CT molecular complexity index is 254. The second kappa shape index (κ2) is 8.38. The van der Waals surface area contributed by atoms with Crippen LogP contribution in [0.2, 0.25) is 0 Å². The summed E-state index contributed by atoms with van der Waals surface area (Å²) in [5, 5.41) is 3.87. The predicted molar refractivity (Wildman–Crippen MR) is 86.1 cm³/mol. The van der Waals surface area contributed by atoms with Gasteiger partial charge in [-0.05, 0) is 45.1 Å². The summed E-state index contributed by atoms with van der Waals surface area (Å²) in [5.74, 6) is 0.963. The van der Waals surface area contributed by atoms with Crippen molar-refractivity contribution in [3.8, 4) is 0 Å². The van der Waals surface area contributed by atoms with Crippen LogP contribution in [0.15, 0.2) is 0 Å². The van der Waals surface area contributed by atoms with Gasteiger partial charge in [-0.1, -0.05) is 51.9 Å². The van der Waals surface area contributed by atoms with Gasteiger partial charge in [-0.3, -0.25) is 0 Å². The molecule has 0 spiro atoms. The first-order chi connectivity index (χ1) is 9.80. The van der Waals surface area contributed by atoms with Gasteiger partial charge in [0.1, 0.15) is 0 Å². The molecule has 1 N–H and O–H groups in total. The number of nitrogens with one attached hydrogen (secondary N) is 1. The van der Waals surface area contributed by atoms with Crippen LogP contribution in [0.5, 0.6) is 0 Å². The van der Waals surface area contributed by atoms with Crippen molar-refractivity contribution in [3.63, 3.8) is 0 Å². The molecule has 0 saturated heterocycles. The molecule has 2 rings (SSSR count). The molecule has 2 aliphatic carbocycles. The normalized spacial score (nSPS) is 24.9. The zero-order valence-electron chi connectivity index (χ0n) is 13.8. The van der Waals surface area contributed by atoms with E-state index in [1.165, 1.54) is 70.6 Å². The molecular weight excluding hydrogens is 246 g/mol. The number of hydrogen-bond acceptors (Lipinski definition) is 2. The van der Waals surface area contributed by atoms with Crippen LogP contribution in [0, 0.1) is 5.92 Å². The quantitative estimate of drug-likeness (QED) is 0.653. The smallest absolute Gasteiger partial charge is 0.0834 e. The van der Waals surface area contributed by atoms with E-state index in [4.69, 9.17) is 4.74 Å². The Morgan fingerprint density at radius 2 is 1.75 bits per heavy atom. The molecule has 0 aromatic rings. The van der Waals surface area contributed by atoms with Crippen LogP contribution in [-0.4, -0.2) is 24.8 Å². The fourth-order valence-electron chi connectivity index (χ4n) is 4.07. The van der Waals surface area contributed by atoms with Gasteiger partial charge in [-0.25, -0.2) is 0 Å². The molecule has 2 fully saturated rings. The molecule has 0 bridgehead atoms. The predicted octanol–water partition coefficient (Wildman–Crippen LogP) is 4.67. The standard InChI is InChI=1S/C18H35NO/c1-3-14-19-17(15-16-10-9-11-16)18(20-4-2)12-7-5-6-8-13-18/h16-17,19H,3-15H2,1-2H3.